The molecular weight excluding hydrogens is 156 g/mol. The average molecular weight is 170 g/mol. The minimum absolute atomic E-state index is 0.00373. The van der Waals surface area contributed by atoms with Gasteiger partial charge in [0.05, 0.1) is 13.0 Å². The second-order valence-corrected chi connectivity index (χ2v) is 3.66. The number of esters is 1. The molecule has 3 heteroatoms. The van der Waals surface area contributed by atoms with Gasteiger partial charge in [0.25, 0.3) is 0 Å². The van der Waals surface area contributed by atoms with E-state index in [1.54, 1.807) is 0 Å². The van der Waals surface area contributed by atoms with Gasteiger partial charge in [0.2, 0.25) is 0 Å². The van der Waals surface area contributed by atoms with Gasteiger partial charge in [0.1, 0.15) is 6.29 Å². The summed E-state index contributed by atoms with van der Waals surface area (Å²) in [6, 6.07) is 0. The van der Waals surface area contributed by atoms with Gasteiger partial charge in [0, 0.05) is 6.42 Å². The van der Waals surface area contributed by atoms with Crippen molar-refractivity contribution in [3.8, 4) is 0 Å². The molecule has 0 aromatic heterocycles. The van der Waals surface area contributed by atoms with Crippen LogP contribution in [0.15, 0.2) is 0 Å². The van der Waals surface area contributed by atoms with Crippen molar-refractivity contribution in [1.29, 1.82) is 0 Å². The zero-order chi connectivity index (χ0) is 9.03. The first-order valence-electron chi connectivity index (χ1n) is 4.26. The van der Waals surface area contributed by atoms with Crippen molar-refractivity contribution < 1.29 is 14.3 Å². The van der Waals surface area contributed by atoms with Gasteiger partial charge in [-0.3, -0.25) is 4.79 Å². The molecule has 0 radical (unpaired) electrons. The summed E-state index contributed by atoms with van der Waals surface area (Å²) < 4.78 is 4.83. The van der Waals surface area contributed by atoms with Crippen molar-refractivity contribution >= 4 is 12.3 Å². The highest BCUT2D eigenvalue weighted by atomic mass is 16.5. The third-order valence-electron chi connectivity index (χ3n) is 2.41. The Kier molecular flexibility index (Phi) is 2.84. The molecule has 0 amide bonds. The van der Waals surface area contributed by atoms with Gasteiger partial charge in [-0.05, 0) is 18.3 Å². The van der Waals surface area contributed by atoms with E-state index in [0.29, 0.717) is 19.4 Å². The lowest BCUT2D eigenvalue weighted by Crippen LogP contribution is -2.30. The number of hydrogen-bond donors (Lipinski definition) is 0. The van der Waals surface area contributed by atoms with Crippen LogP contribution in [0, 0.1) is 5.41 Å². The molecule has 68 valence electrons. The highest BCUT2D eigenvalue weighted by molar-refractivity contribution is 5.71. The first kappa shape index (κ1) is 9.23. The molecule has 1 saturated heterocycles. The minimum Gasteiger partial charge on any atom is -0.466 e. The normalized spacial score (nSPS) is 29.6. The summed E-state index contributed by atoms with van der Waals surface area (Å²) in [7, 11) is 0. The molecule has 1 rings (SSSR count). The SMILES string of the molecule is CC1(CCC=O)CCOC(=O)C1. The zero-order valence-corrected chi connectivity index (χ0v) is 7.34. The summed E-state index contributed by atoms with van der Waals surface area (Å²) in [6.45, 7) is 2.55. The maximum absolute atomic E-state index is 10.9. The Labute approximate surface area is 72.1 Å². The van der Waals surface area contributed by atoms with Crippen LogP contribution in [0.25, 0.3) is 0 Å². The van der Waals surface area contributed by atoms with Gasteiger partial charge in [-0.25, -0.2) is 0 Å². The van der Waals surface area contributed by atoms with Gasteiger partial charge in [-0.1, -0.05) is 6.92 Å². The fourth-order valence-electron chi connectivity index (χ4n) is 1.52. The van der Waals surface area contributed by atoms with Crippen molar-refractivity contribution in [2.24, 2.45) is 5.41 Å². The molecule has 1 aliphatic heterocycles. The molecule has 1 atom stereocenters. The predicted octanol–water partition coefficient (Wildman–Crippen LogP) is 1.31. The van der Waals surface area contributed by atoms with E-state index in [1.807, 2.05) is 6.92 Å². The van der Waals surface area contributed by atoms with Crippen molar-refractivity contribution in [2.45, 2.75) is 32.6 Å². The average Bonchev–Trinajstić information content (AvgIpc) is 2.01. The van der Waals surface area contributed by atoms with Crippen molar-refractivity contribution in [3.63, 3.8) is 0 Å². The highest BCUT2D eigenvalue weighted by Crippen LogP contribution is 2.34. The Morgan fingerprint density at radius 3 is 3.00 bits per heavy atom. The third-order valence-corrected chi connectivity index (χ3v) is 2.41. The molecule has 0 aliphatic carbocycles. The first-order chi connectivity index (χ1) is 5.66. The van der Waals surface area contributed by atoms with Crippen LogP contribution in [0.4, 0.5) is 0 Å². The zero-order valence-electron chi connectivity index (χ0n) is 7.34. The second-order valence-electron chi connectivity index (χ2n) is 3.66. The van der Waals surface area contributed by atoms with Gasteiger partial charge in [-0.15, -0.1) is 0 Å². The number of carbonyl (C=O) groups is 2. The molecule has 1 unspecified atom stereocenters. The van der Waals surface area contributed by atoms with Crippen LogP contribution in [0.5, 0.6) is 0 Å². The van der Waals surface area contributed by atoms with Crippen LogP contribution in [0.3, 0.4) is 0 Å². The number of ether oxygens (including phenoxy) is 1. The lowest BCUT2D eigenvalue weighted by Gasteiger charge is -2.31. The standard InChI is InChI=1S/C9H14O3/c1-9(3-2-5-10)4-6-12-8(11)7-9/h5H,2-4,6-7H2,1H3. The smallest absolute Gasteiger partial charge is 0.306 e. The molecular formula is C9H14O3. The van der Waals surface area contributed by atoms with Crippen LogP contribution >= 0.6 is 0 Å². The Bertz CT molecular complexity index is 188. The predicted molar refractivity (Wildman–Crippen MR) is 43.6 cm³/mol. The van der Waals surface area contributed by atoms with E-state index >= 15 is 0 Å². The highest BCUT2D eigenvalue weighted by Gasteiger charge is 2.31. The van der Waals surface area contributed by atoms with Crippen molar-refractivity contribution in [3.05, 3.63) is 0 Å². The van der Waals surface area contributed by atoms with Gasteiger partial charge in [-0.2, -0.15) is 0 Å². The molecule has 0 saturated carbocycles. The second kappa shape index (κ2) is 3.70. The maximum atomic E-state index is 10.9. The fraction of sp³-hybridized carbons (Fsp3) is 0.778. The molecule has 1 aliphatic rings. The number of cyclic esters (lactones) is 1. The Morgan fingerprint density at radius 2 is 2.42 bits per heavy atom. The lowest BCUT2D eigenvalue weighted by molar-refractivity contribution is -0.153. The summed E-state index contributed by atoms with van der Waals surface area (Å²) in [5.74, 6) is -0.130. The monoisotopic (exact) mass is 170 g/mol. The molecule has 0 bridgehead atoms. The van der Waals surface area contributed by atoms with Crippen LogP contribution in [0.2, 0.25) is 0 Å². The summed E-state index contributed by atoms with van der Waals surface area (Å²) in [4.78, 5) is 21.1. The van der Waals surface area contributed by atoms with Crippen molar-refractivity contribution in [2.75, 3.05) is 6.61 Å². The summed E-state index contributed by atoms with van der Waals surface area (Å²) in [5, 5.41) is 0. The third kappa shape index (κ3) is 2.32. The Balaban J connectivity index is 2.45. The Hall–Kier alpha value is -0.860. The quantitative estimate of drug-likeness (QED) is 0.473. The molecule has 3 nitrogen and oxygen atoms in total. The number of carbonyl (C=O) groups excluding carboxylic acids is 2. The van der Waals surface area contributed by atoms with Crippen LogP contribution in [-0.2, 0) is 14.3 Å². The van der Waals surface area contributed by atoms with E-state index in [4.69, 9.17) is 4.74 Å². The van der Waals surface area contributed by atoms with E-state index in [1.165, 1.54) is 0 Å². The molecule has 0 N–H and O–H groups in total. The number of rotatable bonds is 3. The van der Waals surface area contributed by atoms with Gasteiger partial charge >= 0.3 is 5.97 Å². The largest absolute Gasteiger partial charge is 0.466 e. The molecule has 1 fully saturated rings. The van der Waals surface area contributed by atoms with Gasteiger partial charge < -0.3 is 9.53 Å². The van der Waals surface area contributed by atoms with Crippen LogP contribution in [0.1, 0.15) is 32.6 Å². The molecule has 0 spiro atoms. The minimum atomic E-state index is -0.130. The maximum Gasteiger partial charge on any atom is 0.306 e. The first-order valence-corrected chi connectivity index (χ1v) is 4.26. The van der Waals surface area contributed by atoms with Crippen LogP contribution < -0.4 is 0 Å². The topological polar surface area (TPSA) is 43.4 Å². The molecule has 12 heavy (non-hydrogen) atoms. The molecule has 1 heterocycles. The lowest BCUT2D eigenvalue weighted by atomic mass is 9.78. The summed E-state index contributed by atoms with van der Waals surface area (Å²) in [5.41, 5.74) is -0.00373. The number of hydrogen-bond acceptors (Lipinski definition) is 3. The summed E-state index contributed by atoms with van der Waals surface area (Å²) in [6.07, 6.45) is 3.59. The molecule has 0 aromatic rings. The van der Waals surface area contributed by atoms with E-state index < -0.39 is 0 Å². The van der Waals surface area contributed by atoms with E-state index in [0.717, 1.165) is 19.1 Å². The Morgan fingerprint density at radius 1 is 1.67 bits per heavy atom. The fourth-order valence-corrected chi connectivity index (χ4v) is 1.52. The van der Waals surface area contributed by atoms with E-state index in [2.05, 4.69) is 0 Å². The van der Waals surface area contributed by atoms with Crippen LogP contribution in [-0.4, -0.2) is 18.9 Å². The summed E-state index contributed by atoms with van der Waals surface area (Å²) >= 11 is 0. The number of aldehydes is 1. The van der Waals surface area contributed by atoms with Crippen molar-refractivity contribution in [1.82, 2.24) is 0 Å². The van der Waals surface area contributed by atoms with E-state index in [-0.39, 0.29) is 11.4 Å². The van der Waals surface area contributed by atoms with Gasteiger partial charge in [0.15, 0.2) is 0 Å². The van der Waals surface area contributed by atoms with E-state index in [9.17, 15) is 9.59 Å². The molecule has 0 aromatic carbocycles.